The Kier molecular flexibility index (Phi) is 13.0. The second-order valence-corrected chi connectivity index (χ2v) is 12.6. The van der Waals surface area contributed by atoms with Crippen molar-refractivity contribution in [2.45, 2.75) is 6.54 Å². The van der Waals surface area contributed by atoms with Crippen molar-refractivity contribution in [1.82, 2.24) is 0 Å². The fraction of sp³-hybridized carbons (Fsp3) is 0.0278. The lowest BCUT2D eigenvalue weighted by atomic mass is 9.12. The summed E-state index contributed by atoms with van der Waals surface area (Å²) in [5.41, 5.74) is -14.3. The number of rotatable bonds is 8. The van der Waals surface area contributed by atoms with Crippen molar-refractivity contribution in [1.29, 1.82) is 0 Å². The largest absolute Gasteiger partial charge is 0.560 e. The van der Waals surface area contributed by atoms with Gasteiger partial charge in [-0.1, -0.05) is 18.2 Å². The number of allylic oxidation sites excluding steroid dienone is 1. The minimum atomic E-state index is -7.22. The third-order valence-electron chi connectivity index (χ3n) is 9.31. The quantitative estimate of drug-likeness (QED) is 0.0304. The summed E-state index contributed by atoms with van der Waals surface area (Å²) < 4.78 is 296. The number of fused-ring (bicyclic) bond motifs is 1. The summed E-state index contributed by atoms with van der Waals surface area (Å²) in [4.78, 5) is 18.9. The van der Waals surface area contributed by atoms with E-state index in [1.807, 2.05) is 30.3 Å². The zero-order valence-corrected chi connectivity index (χ0v) is 29.9. The second-order valence-electron chi connectivity index (χ2n) is 12.6. The lowest BCUT2D eigenvalue weighted by Gasteiger charge is -2.44. The van der Waals surface area contributed by atoms with Gasteiger partial charge >= 0.3 is 5.82 Å². The minimum absolute atomic E-state index is 0.0716. The highest BCUT2D eigenvalue weighted by Crippen LogP contribution is 2.31. The molecule has 0 spiro atoms. The van der Waals surface area contributed by atoms with Crippen molar-refractivity contribution in [2.75, 3.05) is 0 Å². The average Bonchev–Trinajstić information content (AvgIpc) is 3.26. The predicted octanol–water partition coefficient (Wildman–Crippen LogP) is 7.37. The first-order valence-corrected chi connectivity index (χ1v) is 16.4. The van der Waals surface area contributed by atoms with E-state index in [2.05, 4.69) is 0 Å². The fourth-order valence-corrected chi connectivity index (χ4v) is 6.57. The summed E-state index contributed by atoms with van der Waals surface area (Å²) >= 11 is 0. The van der Waals surface area contributed by atoms with Gasteiger partial charge in [0, 0.05) is 11.5 Å². The number of aromatic nitrogens is 1. The van der Waals surface area contributed by atoms with Crippen LogP contribution in [0.15, 0.2) is 54.6 Å². The third kappa shape index (κ3) is 7.44. The lowest BCUT2D eigenvalue weighted by molar-refractivity contribution is -0.689. The SMILES string of the molecule is Fc1c(F)c(F)c([B-](c2c(F)c(F)c(F)c(F)c2F)(c2c(F)c(F)c(F)c(F)c2F)c2c(F)c(F)c(F)c(F)c2F)c(F)c1F.O=[N+]([O-])C(=CC[n+]1ccc2ccccc2c1)[N+](=O)[O-]. The average molecular weight is 939 g/mol. The number of halogens is 20. The molecule has 0 bridgehead atoms. The molecule has 0 aliphatic rings. The van der Waals surface area contributed by atoms with Crippen LogP contribution in [0.2, 0.25) is 0 Å². The van der Waals surface area contributed by atoms with Crippen LogP contribution in [-0.4, -0.2) is 16.0 Å². The fourth-order valence-electron chi connectivity index (χ4n) is 6.57. The van der Waals surface area contributed by atoms with E-state index in [1.54, 1.807) is 17.0 Å². The molecule has 0 fully saturated rings. The molecule has 0 aliphatic carbocycles. The van der Waals surface area contributed by atoms with Gasteiger partial charge < -0.3 is 0 Å². The minimum Gasteiger partial charge on any atom is -0.253 e. The van der Waals surface area contributed by atoms with Gasteiger partial charge in [0.25, 0.3) is 0 Å². The lowest BCUT2D eigenvalue weighted by Crippen LogP contribution is -2.81. The summed E-state index contributed by atoms with van der Waals surface area (Å²) in [6, 6.07) is 9.47. The van der Waals surface area contributed by atoms with Gasteiger partial charge in [-0.15, -0.1) is 21.9 Å². The Balaban J connectivity index is 0.000000337. The Hall–Kier alpha value is -7.29. The van der Waals surface area contributed by atoms with Gasteiger partial charge in [-0.25, -0.2) is 92.4 Å². The molecule has 28 heteroatoms. The van der Waals surface area contributed by atoms with Gasteiger partial charge in [-0.05, 0) is 11.5 Å². The third-order valence-corrected chi connectivity index (χ3v) is 9.31. The Bertz CT molecular complexity index is 2610. The van der Waals surface area contributed by atoms with Crippen LogP contribution in [-0.2, 0) is 6.54 Å². The van der Waals surface area contributed by atoms with Crippen LogP contribution in [0.5, 0.6) is 0 Å². The van der Waals surface area contributed by atoms with Crippen LogP contribution < -0.4 is 26.4 Å². The molecule has 0 atom stereocenters. The molecule has 5 aromatic carbocycles. The first-order chi connectivity index (χ1) is 29.8. The summed E-state index contributed by atoms with van der Waals surface area (Å²) in [7, 11) is 0. The highest BCUT2D eigenvalue weighted by Gasteiger charge is 2.52. The first kappa shape index (κ1) is 47.8. The van der Waals surface area contributed by atoms with Crippen molar-refractivity contribution in [3.05, 3.63) is 191 Å². The zero-order chi connectivity index (χ0) is 48.2. The smallest absolute Gasteiger partial charge is 0.253 e. The van der Waals surface area contributed by atoms with Gasteiger partial charge in [-0.2, -0.15) is 0 Å². The van der Waals surface area contributed by atoms with Crippen LogP contribution >= 0.6 is 0 Å². The number of pyridine rings is 1. The maximum Gasteiger partial charge on any atom is 0.560 e. The Labute approximate surface area is 338 Å². The van der Waals surface area contributed by atoms with E-state index >= 15 is 35.1 Å². The Morgan fingerprint density at radius 2 is 0.672 bits per heavy atom. The van der Waals surface area contributed by atoms with Crippen molar-refractivity contribution in [3.63, 3.8) is 0 Å². The van der Waals surface area contributed by atoms with Crippen LogP contribution in [0.4, 0.5) is 87.8 Å². The maximum atomic E-state index is 15.4. The van der Waals surface area contributed by atoms with Crippen molar-refractivity contribution < 1.29 is 102 Å². The number of nitro groups is 2. The summed E-state index contributed by atoms with van der Waals surface area (Å²) in [6.45, 7) is 0.0716. The van der Waals surface area contributed by atoms with E-state index in [-0.39, 0.29) is 6.54 Å². The van der Waals surface area contributed by atoms with Gasteiger partial charge in [-0.3, -0.25) is 20.2 Å². The van der Waals surface area contributed by atoms with Crippen molar-refractivity contribution in [3.8, 4) is 0 Å². The van der Waals surface area contributed by atoms with Crippen molar-refractivity contribution in [2.24, 2.45) is 0 Å². The van der Waals surface area contributed by atoms with Gasteiger partial charge in [0.05, 0.1) is 0 Å². The van der Waals surface area contributed by atoms with E-state index in [9.17, 15) is 72.9 Å². The second kappa shape index (κ2) is 17.5. The van der Waals surface area contributed by atoms with Crippen LogP contribution in [0.1, 0.15) is 0 Å². The molecule has 0 N–H and O–H groups in total. The molecule has 0 saturated carbocycles. The highest BCUT2D eigenvalue weighted by atomic mass is 19.2. The molecule has 0 unspecified atom stereocenters. The number of hydrogen-bond donors (Lipinski definition) is 0. The van der Waals surface area contributed by atoms with Crippen molar-refractivity contribution >= 4 is 38.8 Å². The van der Waals surface area contributed by atoms with Gasteiger partial charge in [0.2, 0.25) is 0 Å². The van der Waals surface area contributed by atoms with Gasteiger partial charge in [0.15, 0.2) is 88.7 Å². The van der Waals surface area contributed by atoms with E-state index in [0.717, 1.165) is 16.8 Å². The molecule has 0 radical (unpaired) electrons. The molecule has 7 nitrogen and oxygen atoms in total. The standard InChI is InChI=1S/C24BF20.C12H10N3O4/c26-5-1(6(27)14(35)21(42)13(5)34)25(2-7(28)15(36)22(43)16(37)8(2)29,3-9(30)17(38)23(44)18(39)10(3)31)4-11(32)19(40)24(45)20(41)12(4)33;16-14(17)12(15(18)19)6-8-13-7-5-10-3-1-2-4-11(10)9-13/h;1-7,9H,8H2/q-1;+1. The molecular weight excluding hydrogens is 929 g/mol. The highest BCUT2D eigenvalue weighted by molar-refractivity contribution is 7.20. The number of benzene rings is 5. The monoisotopic (exact) mass is 939 g/mol. The Morgan fingerprint density at radius 3 is 0.938 bits per heavy atom. The van der Waals surface area contributed by atoms with Gasteiger partial charge in [0.1, 0.15) is 68.6 Å². The molecule has 6 aromatic rings. The molecule has 6 rings (SSSR count). The van der Waals surface area contributed by atoms with Crippen LogP contribution in [0.25, 0.3) is 10.8 Å². The molecular formula is C36H10BF20N3O4. The van der Waals surface area contributed by atoms with E-state index < -0.39 is 160 Å². The molecule has 1 aromatic heterocycles. The summed E-state index contributed by atoms with van der Waals surface area (Å²) in [6.07, 6.45) is -2.74. The summed E-state index contributed by atoms with van der Waals surface area (Å²) in [5.74, 6) is -72.4. The normalized spacial score (nSPS) is 11.4. The number of nitrogens with zero attached hydrogens (tertiary/aromatic N) is 3. The van der Waals surface area contributed by atoms with Crippen LogP contribution in [0.3, 0.4) is 0 Å². The molecule has 0 aliphatic heterocycles. The summed E-state index contributed by atoms with van der Waals surface area (Å²) in [5, 5.41) is 22.9. The molecule has 0 saturated heterocycles. The molecule has 64 heavy (non-hydrogen) atoms. The van der Waals surface area contributed by atoms with E-state index in [4.69, 9.17) is 0 Å². The van der Waals surface area contributed by atoms with Crippen LogP contribution in [0, 0.1) is 137 Å². The zero-order valence-electron chi connectivity index (χ0n) is 29.9. The van der Waals surface area contributed by atoms with E-state index in [1.165, 1.54) is 0 Å². The molecule has 0 amide bonds. The van der Waals surface area contributed by atoms with E-state index in [0.29, 0.717) is 0 Å². The molecule has 1 heterocycles. The maximum absolute atomic E-state index is 15.4. The first-order valence-electron chi connectivity index (χ1n) is 16.4. The number of hydrogen-bond acceptors (Lipinski definition) is 4. The topological polar surface area (TPSA) is 90.2 Å². The predicted molar refractivity (Wildman–Crippen MR) is 175 cm³/mol. The molecule has 336 valence electrons. The Morgan fingerprint density at radius 1 is 0.422 bits per heavy atom.